The maximum atomic E-state index is 4.47. The quantitative estimate of drug-likeness (QED) is 0.556. The third-order valence-corrected chi connectivity index (χ3v) is 1.88. The van der Waals surface area contributed by atoms with Crippen molar-refractivity contribution >= 4 is 0 Å². The molecule has 0 aliphatic carbocycles. The molecule has 1 N–H and O–H groups in total. The Kier molecular flexibility index (Phi) is 8.95. The Morgan fingerprint density at radius 1 is 1.17 bits per heavy atom. The van der Waals surface area contributed by atoms with Crippen molar-refractivity contribution in [2.75, 3.05) is 13.1 Å². The number of rotatable bonds is 8. The van der Waals surface area contributed by atoms with E-state index in [1.807, 2.05) is 0 Å². The van der Waals surface area contributed by atoms with Gasteiger partial charge in [0.2, 0.25) is 0 Å². The summed E-state index contributed by atoms with van der Waals surface area (Å²) in [6.07, 6.45) is 5.33. The summed E-state index contributed by atoms with van der Waals surface area (Å²) in [4.78, 5) is 0. The molecule has 1 unspecified atom stereocenters. The van der Waals surface area contributed by atoms with Crippen LogP contribution in [0.3, 0.4) is 0 Å². The van der Waals surface area contributed by atoms with Gasteiger partial charge in [-0.2, -0.15) is 0 Å². The normalized spacial score (nSPS) is 13.2. The predicted octanol–water partition coefficient (Wildman–Crippen LogP) is 2.13. The molecule has 0 aromatic rings. The number of nitrogens with zero attached hydrogens (tertiary/aromatic N) is 1. The van der Waals surface area contributed by atoms with Crippen LogP contribution in [0, 0.1) is 0 Å². The van der Waals surface area contributed by atoms with E-state index in [9.17, 15) is 0 Å². The van der Waals surface area contributed by atoms with Gasteiger partial charge in [-0.05, 0) is 19.4 Å². The minimum atomic E-state index is 0.409. The maximum absolute atomic E-state index is 4.47. The highest BCUT2D eigenvalue weighted by atomic mass is 15.1. The van der Waals surface area contributed by atoms with Crippen molar-refractivity contribution in [2.24, 2.45) is 0 Å². The van der Waals surface area contributed by atoms with Crippen LogP contribution in [0.4, 0.5) is 0 Å². The lowest BCUT2D eigenvalue weighted by Crippen LogP contribution is -2.37. The molecule has 0 rings (SSSR count). The monoisotopic (exact) mass is 171 g/mol. The van der Waals surface area contributed by atoms with Gasteiger partial charge in [0, 0.05) is 6.54 Å². The number of hydrogen-bond donors (Lipinski definition) is 1. The Labute approximate surface area is 77.1 Å². The molecule has 0 bridgehead atoms. The van der Waals surface area contributed by atoms with Crippen LogP contribution in [0.5, 0.6) is 0 Å². The van der Waals surface area contributed by atoms with E-state index in [4.69, 9.17) is 0 Å². The fraction of sp³-hybridized carbons (Fsp3) is 1.00. The van der Waals surface area contributed by atoms with Crippen molar-refractivity contribution in [3.8, 4) is 0 Å². The standard InChI is InChI=1S/C10H23N2/c1-4-7-9-12-10(8-5-2)11-6-3/h10,12H,4-9H2,1-3H3. The molecule has 0 saturated carbocycles. The van der Waals surface area contributed by atoms with Crippen LogP contribution in [0.2, 0.25) is 0 Å². The zero-order chi connectivity index (χ0) is 9.23. The van der Waals surface area contributed by atoms with Crippen LogP contribution in [-0.2, 0) is 0 Å². The van der Waals surface area contributed by atoms with E-state index in [-0.39, 0.29) is 0 Å². The van der Waals surface area contributed by atoms with Gasteiger partial charge in [0.1, 0.15) is 0 Å². The molecule has 1 radical (unpaired) electrons. The SMILES string of the molecule is CCCCNC(CCC)[N]CC. The van der Waals surface area contributed by atoms with Gasteiger partial charge < -0.3 is 5.32 Å². The molecule has 0 aliphatic rings. The second-order valence-electron chi connectivity index (χ2n) is 3.11. The highest BCUT2D eigenvalue weighted by molar-refractivity contribution is 4.61. The van der Waals surface area contributed by atoms with E-state index in [1.54, 1.807) is 0 Å². The molecule has 0 spiro atoms. The van der Waals surface area contributed by atoms with Crippen LogP contribution >= 0.6 is 0 Å². The molecule has 0 saturated heterocycles. The molecule has 73 valence electrons. The van der Waals surface area contributed by atoms with Crippen molar-refractivity contribution in [1.82, 2.24) is 10.6 Å². The summed E-state index contributed by atoms with van der Waals surface area (Å²) in [7, 11) is 0. The van der Waals surface area contributed by atoms with Gasteiger partial charge >= 0.3 is 0 Å². The molecule has 12 heavy (non-hydrogen) atoms. The highest BCUT2D eigenvalue weighted by Crippen LogP contribution is 1.94. The highest BCUT2D eigenvalue weighted by Gasteiger charge is 2.03. The summed E-state index contributed by atoms with van der Waals surface area (Å²) >= 11 is 0. The first-order valence-corrected chi connectivity index (χ1v) is 5.25. The van der Waals surface area contributed by atoms with Gasteiger partial charge in [-0.1, -0.05) is 33.6 Å². The molecule has 0 aromatic heterocycles. The average molecular weight is 171 g/mol. The van der Waals surface area contributed by atoms with Crippen LogP contribution in [0.1, 0.15) is 46.5 Å². The van der Waals surface area contributed by atoms with Gasteiger partial charge in [-0.15, -0.1) is 0 Å². The predicted molar refractivity (Wildman–Crippen MR) is 54.3 cm³/mol. The lowest BCUT2D eigenvalue weighted by atomic mass is 10.2. The smallest absolute Gasteiger partial charge is 0.0735 e. The van der Waals surface area contributed by atoms with Crippen molar-refractivity contribution in [2.45, 2.75) is 52.6 Å². The topological polar surface area (TPSA) is 26.1 Å². The third-order valence-electron chi connectivity index (χ3n) is 1.88. The van der Waals surface area contributed by atoms with Crippen molar-refractivity contribution in [3.63, 3.8) is 0 Å². The van der Waals surface area contributed by atoms with Gasteiger partial charge in [0.05, 0.1) is 6.17 Å². The molecule has 2 heteroatoms. The second kappa shape index (κ2) is 9.01. The minimum absolute atomic E-state index is 0.409. The Bertz CT molecular complexity index is 77.9. The van der Waals surface area contributed by atoms with Gasteiger partial charge in [-0.3, -0.25) is 0 Å². The van der Waals surface area contributed by atoms with Gasteiger partial charge in [-0.25, -0.2) is 5.32 Å². The number of nitrogens with one attached hydrogen (secondary N) is 1. The molecule has 0 aromatic carbocycles. The lowest BCUT2D eigenvalue weighted by Gasteiger charge is -2.16. The summed E-state index contributed by atoms with van der Waals surface area (Å²) < 4.78 is 0. The van der Waals surface area contributed by atoms with E-state index < -0.39 is 0 Å². The summed E-state index contributed by atoms with van der Waals surface area (Å²) in [5.74, 6) is 0. The first kappa shape index (κ1) is 11.9. The molecule has 0 aliphatic heterocycles. The van der Waals surface area contributed by atoms with Crippen LogP contribution in [0.25, 0.3) is 0 Å². The van der Waals surface area contributed by atoms with Crippen LogP contribution < -0.4 is 10.6 Å². The Hall–Kier alpha value is -0.0800. The van der Waals surface area contributed by atoms with E-state index in [2.05, 4.69) is 31.4 Å². The first-order chi connectivity index (χ1) is 5.85. The fourth-order valence-electron chi connectivity index (χ4n) is 1.20. The number of hydrogen-bond acceptors (Lipinski definition) is 1. The summed E-state index contributed by atoms with van der Waals surface area (Å²) in [6.45, 7) is 8.58. The van der Waals surface area contributed by atoms with E-state index in [1.165, 1.54) is 25.7 Å². The third kappa shape index (κ3) is 6.62. The largest absolute Gasteiger partial charge is 0.301 e. The van der Waals surface area contributed by atoms with E-state index in [0.29, 0.717) is 6.17 Å². The zero-order valence-electron chi connectivity index (χ0n) is 8.77. The van der Waals surface area contributed by atoms with E-state index in [0.717, 1.165) is 13.1 Å². The van der Waals surface area contributed by atoms with Crippen molar-refractivity contribution in [1.29, 1.82) is 0 Å². The summed E-state index contributed by atoms with van der Waals surface area (Å²) in [5.41, 5.74) is 0. The van der Waals surface area contributed by atoms with Crippen LogP contribution in [-0.4, -0.2) is 19.3 Å². The molecule has 1 atom stereocenters. The van der Waals surface area contributed by atoms with Gasteiger partial charge in [0.15, 0.2) is 0 Å². The summed E-state index contributed by atoms with van der Waals surface area (Å²) in [6, 6.07) is 0. The minimum Gasteiger partial charge on any atom is -0.301 e. The molecule has 0 heterocycles. The molecular formula is C10H23N2. The molecule has 2 nitrogen and oxygen atoms in total. The lowest BCUT2D eigenvalue weighted by molar-refractivity contribution is 0.395. The Morgan fingerprint density at radius 2 is 1.92 bits per heavy atom. The molecule has 0 amide bonds. The fourth-order valence-corrected chi connectivity index (χ4v) is 1.20. The second-order valence-corrected chi connectivity index (χ2v) is 3.11. The van der Waals surface area contributed by atoms with Crippen molar-refractivity contribution < 1.29 is 0 Å². The Balaban J connectivity index is 3.34. The number of unbranched alkanes of at least 4 members (excludes halogenated alkanes) is 1. The zero-order valence-corrected chi connectivity index (χ0v) is 8.77. The average Bonchev–Trinajstić information content (AvgIpc) is 2.06. The van der Waals surface area contributed by atoms with Crippen LogP contribution in [0.15, 0.2) is 0 Å². The molecular weight excluding hydrogens is 148 g/mol. The molecule has 0 fully saturated rings. The van der Waals surface area contributed by atoms with Crippen molar-refractivity contribution in [3.05, 3.63) is 0 Å². The summed E-state index contributed by atoms with van der Waals surface area (Å²) in [5, 5.41) is 7.93. The van der Waals surface area contributed by atoms with E-state index >= 15 is 0 Å². The van der Waals surface area contributed by atoms with Gasteiger partial charge in [0.25, 0.3) is 0 Å². The Morgan fingerprint density at radius 3 is 2.42 bits per heavy atom. The maximum Gasteiger partial charge on any atom is 0.0735 e. The first-order valence-electron chi connectivity index (χ1n) is 5.25.